The summed E-state index contributed by atoms with van der Waals surface area (Å²) >= 11 is 0. The lowest BCUT2D eigenvalue weighted by Crippen LogP contribution is -2.12. The third kappa shape index (κ3) is 5.03. The molecule has 100 valence electrons. The minimum Gasteiger partial charge on any atom is -0.370 e. The van der Waals surface area contributed by atoms with Crippen molar-refractivity contribution in [2.45, 2.75) is 25.4 Å². The Morgan fingerprint density at radius 3 is 2.67 bits per heavy atom. The van der Waals surface area contributed by atoms with Gasteiger partial charge in [0.2, 0.25) is 5.91 Å². The normalized spacial score (nSPS) is 11.3. The van der Waals surface area contributed by atoms with Crippen LogP contribution in [0.5, 0.6) is 0 Å². The number of nitrogens with one attached hydrogen (secondary N) is 1. The number of hydrogen-bond donors (Lipinski definition) is 2. The van der Waals surface area contributed by atoms with Gasteiger partial charge in [0.05, 0.1) is 0 Å². The largest absolute Gasteiger partial charge is 0.433 e. The standard InChI is InChI=1S/C11H14F3N3O/c12-11(13,14)8-4-3-6-10(17-8)16-7-2-1-5-9(15)18/h3-4,6H,1-2,5,7H2,(H2,15,18)(H,16,17). The topological polar surface area (TPSA) is 68.0 Å². The van der Waals surface area contributed by atoms with Gasteiger partial charge in [-0.15, -0.1) is 0 Å². The Morgan fingerprint density at radius 1 is 1.33 bits per heavy atom. The first-order valence-electron chi connectivity index (χ1n) is 5.46. The Bertz CT molecular complexity index is 407. The number of carbonyl (C=O) groups is 1. The number of rotatable bonds is 6. The van der Waals surface area contributed by atoms with Crippen LogP contribution in [-0.2, 0) is 11.0 Å². The summed E-state index contributed by atoms with van der Waals surface area (Å²) in [5.74, 6) is -0.212. The number of primary amides is 1. The number of nitrogens with two attached hydrogens (primary N) is 1. The number of hydrogen-bond acceptors (Lipinski definition) is 3. The SMILES string of the molecule is NC(=O)CCCCNc1cccc(C(F)(F)F)n1. The summed E-state index contributed by atoms with van der Waals surface area (Å²) in [5.41, 5.74) is 4.03. The van der Waals surface area contributed by atoms with Gasteiger partial charge in [-0.25, -0.2) is 4.98 Å². The van der Waals surface area contributed by atoms with Crippen LogP contribution in [0.25, 0.3) is 0 Å². The number of amides is 1. The van der Waals surface area contributed by atoms with Crippen LogP contribution in [0.2, 0.25) is 0 Å². The fourth-order valence-corrected chi connectivity index (χ4v) is 1.33. The van der Waals surface area contributed by atoms with Crippen molar-refractivity contribution in [1.29, 1.82) is 0 Å². The fraction of sp³-hybridized carbons (Fsp3) is 0.455. The highest BCUT2D eigenvalue weighted by Crippen LogP contribution is 2.28. The second-order valence-corrected chi connectivity index (χ2v) is 3.76. The van der Waals surface area contributed by atoms with Gasteiger partial charge in [0.15, 0.2) is 0 Å². The van der Waals surface area contributed by atoms with Crippen LogP contribution >= 0.6 is 0 Å². The third-order valence-corrected chi connectivity index (χ3v) is 2.20. The van der Waals surface area contributed by atoms with Gasteiger partial charge in [-0.3, -0.25) is 4.79 Å². The Kier molecular flexibility index (Phi) is 4.94. The van der Waals surface area contributed by atoms with Crippen LogP contribution in [0.4, 0.5) is 19.0 Å². The average Bonchev–Trinajstić information content (AvgIpc) is 2.27. The van der Waals surface area contributed by atoms with Gasteiger partial charge >= 0.3 is 6.18 Å². The molecule has 1 aromatic heterocycles. The van der Waals surface area contributed by atoms with Crippen molar-refractivity contribution in [3.05, 3.63) is 23.9 Å². The molecule has 0 fully saturated rings. The molecule has 1 aromatic rings. The van der Waals surface area contributed by atoms with Crippen LogP contribution < -0.4 is 11.1 Å². The van der Waals surface area contributed by atoms with Gasteiger partial charge in [0, 0.05) is 13.0 Å². The molecule has 0 radical (unpaired) electrons. The molecule has 0 unspecified atom stereocenters. The quantitative estimate of drug-likeness (QED) is 0.771. The summed E-state index contributed by atoms with van der Waals surface area (Å²) < 4.78 is 37.1. The second kappa shape index (κ2) is 6.23. The molecular formula is C11H14F3N3O. The number of anilines is 1. The average molecular weight is 261 g/mol. The predicted molar refractivity (Wildman–Crippen MR) is 60.8 cm³/mol. The Balaban J connectivity index is 2.41. The van der Waals surface area contributed by atoms with Crippen molar-refractivity contribution in [2.75, 3.05) is 11.9 Å². The van der Waals surface area contributed by atoms with Crippen LogP contribution in [0.1, 0.15) is 25.0 Å². The number of alkyl halides is 3. The summed E-state index contributed by atoms with van der Waals surface area (Å²) in [4.78, 5) is 13.9. The first-order valence-corrected chi connectivity index (χ1v) is 5.46. The van der Waals surface area contributed by atoms with Gasteiger partial charge in [-0.2, -0.15) is 13.2 Å². The van der Waals surface area contributed by atoms with E-state index in [0.717, 1.165) is 6.07 Å². The predicted octanol–water partition coefficient (Wildman–Crippen LogP) is 2.17. The molecule has 0 aliphatic carbocycles. The van der Waals surface area contributed by atoms with Gasteiger partial charge in [-0.1, -0.05) is 6.07 Å². The smallest absolute Gasteiger partial charge is 0.370 e. The molecule has 18 heavy (non-hydrogen) atoms. The van der Waals surface area contributed by atoms with E-state index in [0.29, 0.717) is 19.4 Å². The van der Waals surface area contributed by atoms with Gasteiger partial charge in [-0.05, 0) is 25.0 Å². The fourth-order valence-electron chi connectivity index (χ4n) is 1.33. The van der Waals surface area contributed by atoms with E-state index in [1.54, 1.807) is 0 Å². The van der Waals surface area contributed by atoms with Crippen molar-refractivity contribution in [2.24, 2.45) is 5.73 Å². The molecule has 0 aliphatic heterocycles. The van der Waals surface area contributed by atoms with E-state index in [1.165, 1.54) is 12.1 Å². The van der Waals surface area contributed by atoms with E-state index in [1.807, 2.05) is 0 Å². The van der Waals surface area contributed by atoms with E-state index in [-0.39, 0.29) is 18.1 Å². The van der Waals surface area contributed by atoms with E-state index in [2.05, 4.69) is 10.3 Å². The number of halogens is 3. The zero-order valence-electron chi connectivity index (χ0n) is 9.63. The van der Waals surface area contributed by atoms with Crippen molar-refractivity contribution >= 4 is 11.7 Å². The van der Waals surface area contributed by atoms with Crippen molar-refractivity contribution < 1.29 is 18.0 Å². The van der Waals surface area contributed by atoms with Gasteiger partial charge in [0.1, 0.15) is 11.5 Å². The summed E-state index contributed by atoms with van der Waals surface area (Å²) in [6.07, 6.45) is -2.93. The van der Waals surface area contributed by atoms with Crippen molar-refractivity contribution in [3.63, 3.8) is 0 Å². The number of nitrogens with zero attached hydrogens (tertiary/aromatic N) is 1. The zero-order chi connectivity index (χ0) is 13.6. The molecule has 0 aromatic carbocycles. The molecule has 7 heteroatoms. The van der Waals surface area contributed by atoms with Crippen LogP contribution in [0, 0.1) is 0 Å². The Labute approximate surface area is 102 Å². The lowest BCUT2D eigenvalue weighted by atomic mass is 10.2. The Hall–Kier alpha value is -1.79. The molecule has 1 rings (SSSR count). The monoisotopic (exact) mass is 261 g/mol. The number of carbonyl (C=O) groups excluding carboxylic acids is 1. The first kappa shape index (κ1) is 14.3. The number of aromatic nitrogens is 1. The number of unbranched alkanes of at least 4 members (excludes halogenated alkanes) is 1. The molecule has 0 aliphatic rings. The van der Waals surface area contributed by atoms with Crippen molar-refractivity contribution in [3.8, 4) is 0 Å². The van der Waals surface area contributed by atoms with E-state index in [4.69, 9.17) is 5.73 Å². The molecule has 0 saturated heterocycles. The number of pyridine rings is 1. The minimum absolute atomic E-state index is 0.170. The first-order chi connectivity index (χ1) is 8.39. The molecule has 1 amide bonds. The van der Waals surface area contributed by atoms with Crippen LogP contribution in [-0.4, -0.2) is 17.4 Å². The van der Waals surface area contributed by atoms with E-state index in [9.17, 15) is 18.0 Å². The molecule has 0 spiro atoms. The van der Waals surface area contributed by atoms with Crippen LogP contribution in [0.15, 0.2) is 18.2 Å². The molecule has 1 heterocycles. The molecule has 0 atom stereocenters. The van der Waals surface area contributed by atoms with Crippen LogP contribution in [0.3, 0.4) is 0 Å². The lowest BCUT2D eigenvalue weighted by molar-refractivity contribution is -0.141. The van der Waals surface area contributed by atoms with Crippen molar-refractivity contribution in [1.82, 2.24) is 4.98 Å². The van der Waals surface area contributed by atoms with Gasteiger partial charge < -0.3 is 11.1 Å². The van der Waals surface area contributed by atoms with Gasteiger partial charge in [0.25, 0.3) is 0 Å². The highest BCUT2D eigenvalue weighted by molar-refractivity contribution is 5.73. The van der Waals surface area contributed by atoms with E-state index < -0.39 is 11.9 Å². The maximum atomic E-state index is 12.4. The summed E-state index contributed by atoms with van der Waals surface area (Å²) in [7, 11) is 0. The highest BCUT2D eigenvalue weighted by Gasteiger charge is 2.32. The third-order valence-electron chi connectivity index (χ3n) is 2.20. The highest BCUT2D eigenvalue weighted by atomic mass is 19.4. The second-order valence-electron chi connectivity index (χ2n) is 3.76. The lowest BCUT2D eigenvalue weighted by Gasteiger charge is -2.09. The summed E-state index contributed by atoms with van der Waals surface area (Å²) in [6.45, 7) is 0.446. The molecule has 4 nitrogen and oxygen atoms in total. The summed E-state index contributed by atoms with van der Waals surface area (Å²) in [5, 5.41) is 2.77. The summed E-state index contributed by atoms with van der Waals surface area (Å²) in [6, 6.07) is 3.67. The van der Waals surface area contributed by atoms with E-state index >= 15 is 0 Å². The maximum Gasteiger partial charge on any atom is 0.433 e. The molecule has 0 bridgehead atoms. The molecular weight excluding hydrogens is 247 g/mol. The Morgan fingerprint density at radius 2 is 2.06 bits per heavy atom. The maximum absolute atomic E-state index is 12.4. The molecule has 3 N–H and O–H groups in total. The molecule has 0 saturated carbocycles. The zero-order valence-corrected chi connectivity index (χ0v) is 9.63. The minimum atomic E-state index is -4.44.